The van der Waals surface area contributed by atoms with Gasteiger partial charge in [0.2, 0.25) is 0 Å². The molecule has 2 rings (SSSR count). The third-order valence-corrected chi connectivity index (χ3v) is 2.97. The second-order valence-corrected chi connectivity index (χ2v) is 4.33. The lowest BCUT2D eigenvalue weighted by molar-refractivity contribution is -0.671. The van der Waals surface area contributed by atoms with Crippen LogP contribution in [0.1, 0.15) is 17.2 Å². The third-order valence-electron chi connectivity index (χ3n) is 2.97. The van der Waals surface area contributed by atoms with Crippen LogP contribution in [0.2, 0.25) is 0 Å². The van der Waals surface area contributed by atoms with Gasteiger partial charge in [0.05, 0.1) is 13.2 Å². The number of aliphatic hydroxyl groups excluding tert-OH is 1. The summed E-state index contributed by atoms with van der Waals surface area (Å²) in [5.41, 5.74) is 1.93. The van der Waals surface area contributed by atoms with Gasteiger partial charge in [-0.15, -0.1) is 0 Å². The molecule has 1 unspecified atom stereocenters. The Labute approximate surface area is 107 Å². The number of aryl methyl sites for hydroxylation is 1. The highest BCUT2D eigenvalue weighted by Gasteiger charge is 2.13. The van der Waals surface area contributed by atoms with Crippen molar-refractivity contribution in [2.24, 2.45) is 7.05 Å². The molecule has 0 amide bonds. The SMILES string of the molecule is COc1ccccc1C(O)Cc1cc[n+](C)cc1. The minimum atomic E-state index is -0.547. The molecule has 0 saturated carbocycles. The molecule has 2 aromatic rings. The number of hydrogen-bond acceptors (Lipinski definition) is 2. The predicted octanol–water partition coefficient (Wildman–Crippen LogP) is 1.80. The number of rotatable bonds is 4. The van der Waals surface area contributed by atoms with E-state index < -0.39 is 6.10 Å². The van der Waals surface area contributed by atoms with Gasteiger partial charge in [0.1, 0.15) is 12.8 Å². The molecular weight excluding hydrogens is 226 g/mol. The van der Waals surface area contributed by atoms with Gasteiger partial charge in [-0.2, -0.15) is 0 Å². The quantitative estimate of drug-likeness (QED) is 0.832. The highest BCUT2D eigenvalue weighted by molar-refractivity contribution is 5.35. The van der Waals surface area contributed by atoms with Crippen molar-refractivity contribution in [2.45, 2.75) is 12.5 Å². The molecule has 0 saturated heterocycles. The Morgan fingerprint density at radius 1 is 1.17 bits per heavy atom. The number of methoxy groups -OCH3 is 1. The van der Waals surface area contributed by atoms with Crippen molar-refractivity contribution < 1.29 is 14.4 Å². The van der Waals surface area contributed by atoms with Crippen molar-refractivity contribution in [1.82, 2.24) is 0 Å². The van der Waals surface area contributed by atoms with Gasteiger partial charge in [0.25, 0.3) is 0 Å². The van der Waals surface area contributed by atoms with Crippen molar-refractivity contribution in [2.75, 3.05) is 7.11 Å². The van der Waals surface area contributed by atoms with Gasteiger partial charge < -0.3 is 9.84 Å². The van der Waals surface area contributed by atoms with Gasteiger partial charge in [-0.05, 0) is 11.6 Å². The van der Waals surface area contributed by atoms with Crippen molar-refractivity contribution in [3.8, 4) is 5.75 Å². The van der Waals surface area contributed by atoms with Crippen molar-refractivity contribution in [3.05, 3.63) is 59.9 Å². The highest BCUT2D eigenvalue weighted by Crippen LogP contribution is 2.26. The van der Waals surface area contributed by atoms with E-state index in [0.29, 0.717) is 6.42 Å². The van der Waals surface area contributed by atoms with Gasteiger partial charge in [-0.1, -0.05) is 18.2 Å². The van der Waals surface area contributed by atoms with Gasteiger partial charge in [0.15, 0.2) is 12.4 Å². The number of pyridine rings is 1. The minimum Gasteiger partial charge on any atom is -0.496 e. The van der Waals surface area contributed by atoms with Crippen molar-refractivity contribution >= 4 is 0 Å². The first kappa shape index (κ1) is 12.6. The molecule has 3 heteroatoms. The fourth-order valence-electron chi connectivity index (χ4n) is 1.94. The molecule has 94 valence electrons. The number of ether oxygens (including phenoxy) is 1. The van der Waals surface area contributed by atoms with Crippen molar-refractivity contribution in [1.29, 1.82) is 0 Å². The van der Waals surface area contributed by atoms with E-state index in [2.05, 4.69) is 0 Å². The Morgan fingerprint density at radius 2 is 1.83 bits per heavy atom. The van der Waals surface area contributed by atoms with E-state index in [0.717, 1.165) is 16.9 Å². The van der Waals surface area contributed by atoms with Gasteiger partial charge in [-0.3, -0.25) is 0 Å². The Balaban J connectivity index is 2.16. The van der Waals surface area contributed by atoms with Crippen LogP contribution in [0.15, 0.2) is 48.8 Å². The maximum atomic E-state index is 10.3. The average Bonchev–Trinajstić information content (AvgIpc) is 2.41. The summed E-state index contributed by atoms with van der Waals surface area (Å²) >= 11 is 0. The summed E-state index contributed by atoms with van der Waals surface area (Å²) in [5, 5.41) is 10.3. The number of nitrogens with zero attached hydrogens (tertiary/aromatic N) is 1. The van der Waals surface area contributed by atoms with Crippen LogP contribution >= 0.6 is 0 Å². The fourth-order valence-corrected chi connectivity index (χ4v) is 1.94. The third kappa shape index (κ3) is 2.87. The number of benzene rings is 1. The summed E-state index contributed by atoms with van der Waals surface area (Å²) in [6.45, 7) is 0. The smallest absolute Gasteiger partial charge is 0.168 e. The molecule has 3 nitrogen and oxygen atoms in total. The molecule has 0 fully saturated rings. The molecule has 0 spiro atoms. The molecule has 1 N–H and O–H groups in total. The van der Waals surface area contributed by atoms with Gasteiger partial charge in [-0.25, -0.2) is 4.57 Å². The molecule has 1 atom stereocenters. The number of para-hydroxylation sites is 1. The first-order valence-electron chi connectivity index (χ1n) is 5.96. The van der Waals surface area contributed by atoms with E-state index in [4.69, 9.17) is 4.74 Å². The Hall–Kier alpha value is -1.87. The lowest BCUT2D eigenvalue weighted by atomic mass is 10.0. The highest BCUT2D eigenvalue weighted by atomic mass is 16.5. The standard InChI is InChI=1S/C15H18NO2/c1-16-9-7-12(8-10-16)11-14(17)13-5-3-4-6-15(13)18-2/h3-10,14,17H,11H2,1-2H3/q+1. The summed E-state index contributed by atoms with van der Waals surface area (Å²) in [5.74, 6) is 0.728. The number of aromatic nitrogens is 1. The second-order valence-electron chi connectivity index (χ2n) is 4.33. The number of hydrogen-bond donors (Lipinski definition) is 1. The van der Waals surface area contributed by atoms with Crippen LogP contribution in [-0.4, -0.2) is 12.2 Å². The van der Waals surface area contributed by atoms with E-state index in [1.54, 1.807) is 7.11 Å². The monoisotopic (exact) mass is 244 g/mol. The topological polar surface area (TPSA) is 33.3 Å². The van der Waals surface area contributed by atoms with Crippen LogP contribution < -0.4 is 9.30 Å². The summed E-state index contributed by atoms with van der Waals surface area (Å²) in [6, 6.07) is 11.6. The Morgan fingerprint density at radius 3 is 2.50 bits per heavy atom. The summed E-state index contributed by atoms with van der Waals surface area (Å²) in [6.07, 6.45) is 3.99. The summed E-state index contributed by atoms with van der Waals surface area (Å²) < 4.78 is 7.23. The maximum absolute atomic E-state index is 10.3. The van der Waals surface area contributed by atoms with Crippen molar-refractivity contribution in [3.63, 3.8) is 0 Å². The van der Waals surface area contributed by atoms with Crippen LogP contribution in [-0.2, 0) is 13.5 Å². The zero-order valence-corrected chi connectivity index (χ0v) is 10.7. The molecule has 0 aliphatic rings. The number of aliphatic hydroxyl groups is 1. The molecule has 0 bridgehead atoms. The first-order valence-corrected chi connectivity index (χ1v) is 5.96. The molecule has 1 aromatic heterocycles. The van der Waals surface area contributed by atoms with E-state index in [1.165, 1.54) is 0 Å². The van der Waals surface area contributed by atoms with E-state index >= 15 is 0 Å². The molecular formula is C15H18NO2+. The molecule has 0 aliphatic heterocycles. The largest absolute Gasteiger partial charge is 0.496 e. The zero-order chi connectivity index (χ0) is 13.0. The lowest BCUT2D eigenvalue weighted by Gasteiger charge is -2.14. The van der Waals surface area contributed by atoms with E-state index in [1.807, 2.05) is 60.4 Å². The molecule has 18 heavy (non-hydrogen) atoms. The maximum Gasteiger partial charge on any atom is 0.168 e. The van der Waals surface area contributed by atoms with Crippen LogP contribution in [0, 0.1) is 0 Å². The normalized spacial score (nSPS) is 12.2. The molecule has 0 aliphatic carbocycles. The van der Waals surface area contributed by atoms with Crippen LogP contribution in [0.3, 0.4) is 0 Å². The first-order chi connectivity index (χ1) is 8.70. The fraction of sp³-hybridized carbons (Fsp3) is 0.267. The van der Waals surface area contributed by atoms with Gasteiger partial charge >= 0.3 is 0 Å². The Kier molecular flexibility index (Phi) is 3.95. The average molecular weight is 244 g/mol. The van der Waals surface area contributed by atoms with E-state index in [9.17, 15) is 5.11 Å². The molecule has 1 aromatic carbocycles. The molecule has 0 radical (unpaired) electrons. The summed E-state index contributed by atoms with van der Waals surface area (Å²) in [7, 11) is 3.59. The van der Waals surface area contributed by atoms with Crippen LogP contribution in [0.5, 0.6) is 5.75 Å². The summed E-state index contributed by atoms with van der Waals surface area (Å²) in [4.78, 5) is 0. The lowest BCUT2D eigenvalue weighted by Crippen LogP contribution is -2.26. The van der Waals surface area contributed by atoms with Gasteiger partial charge in [0, 0.05) is 24.1 Å². The predicted molar refractivity (Wildman–Crippen MR) is 69.3 cm³/mol. The van der Waals surface area contributed by atoms with Crippen LogP contribution in [0.25, 0.3) is 0 Å². The van der Waals surface area contributed by atoms with Crippen LogP contribution in [0.4, 0.5) is 0 Å². The Bertz CT molecular complexity index is 508. The zero-order valence-electron chi connectivity index (χ0n) is 10.7. The second kappa shape index (κ2) is 5.65. The van der Waals surface area contributed by atoms with E-state index in [-0.39, 0.29) is 0 Å². The molecule has 1 heterocycles. The minimum absolute atomic E-state index is 0.547.